The summed E-state index contributed by atoms with van der Waals surface area (Å²) in [4.78, 5) is 13.7. The molecule has 1 amide bonds. The Labute approximate surface area is 158 Å². The maximum atomic E-state index is 12.4. The minimum atomic E-state index is 0.0517. The van der Waals surface area contributed by atoms with Gasteiger partial charge in [-0.2, -0.15) is 0 Å². The van der Waals surface area contributed by atoms with Crippen molar-refractivity contribution < 1.29 is 4.79 Å². The van der Waals surface area contributed by atoms with Crippen LogP contribution >= 0.6 is 46.3 Å². The van der Waals surface area contributed by atoms with Crippen LogP contribution in [-0.2, 0) is 10.5 Å². The maximum absolute atomic E-state index is 12.4. The fraction of sp³-hybridized carbons (Fsp3) is 0.167. The number of hydrogen-bond acceptors (Lipinski definition) is 3. The van der Waals surface area contributed by atoms with Gasteiger partial charge in [0.2, 0.25) is 5.91 Å². The van der Waals surface area contributed by atoms with Gasteiger partial charge in [0, 0.05) is 14.2 Å². The number of carbonyl (C=O) groups is 1. The summed E-state index contributed by atoms with van der Waals surface area (Å²) in [6, 6.07) is 20.9. The third-order valence-corrected chi connectivity index (χ3v) is 8.08. The summed E-state index contributed by atoms with van der Waals surface area (Å²) in [5.41, 5.74) is 2.48. The van der Waals surface area contributed by atoms with Gasteiger partial charge in [-0.1, -0.05) is 60.7 Å². The quantitative estimate of drug-likeness (QED) is 0.372. The molecule has 2 heterocycles. The Bertz CT molecular complexity index is 763. The Morgan fingerprint density at radius 2 is 1.70 bits per heavy atom. The maximum Gasteiger partial charge on any atom is 0.248 e. The summed E-state index contributed by atoms with van der Waals surface area (Å²) in [6.07, 6.45) is 0. The summed E-state index contributed by atoms with van der Waals surface area (Å²) in [7, 11) is 0. The van der Waals surface area contributed by atoms with E-state index >= 15 is 0 Å². The van der Waals surface area contributed by atoms with E-state index in [1.807, 2.05) is 40.7 Å². The summed E-state index contributed by atoms with van der Waals surface area (Å²) in [5, 5.41) is 0.0517. The topological polar surface area (TPSA) is 20.3 Å². The molecule has 23 heavy (non-hydrogen) atoms. The summed E-state index contributed by atoms with van der Waals surface area (Å²) >= 11 is 5.78. The number of carbonyl (C=O) groups excluding carboxylic acids is 1. The van der Waals surface area contributed by atoms with Gasteiger partial charge >= 0.3 is 0 Å². The molecule has 0 bridgehead atoms. The molecule has 0 aromatic heterocycles. The molecule has 2 nitrogen and oxygen atoms in total. The average molecular weight is 451 g/mol. The fourth-order valence-corrected chi connectivity index (χ4v) is 7.03. The Balaban J connectivity index is 1.51. The predicted molar refractivity (Wildman–Crippen MR) is 107 cm³/mol. The van der Waals surface area contributed by atoms with Crippen molar-refractivity contribution in [3.63, 3.8) is 0 Å². The first kappa shape index (κ1) is 15.6. The molecule has 2 aliphatic heterocycles. The van der Waals surface area contributed by atoms with Crippen molar-refractivity contribution in [3.05, 3.63) is 75.4 Å². The lowest BCUT2D eigenvalue weighted by Crippen LogP contribution is -2.57. The Kier molecular flexibility index (Phi) is 4.43. The number of amides is 1. The molecule has 2 aromatic rings. The van der Waals surface area contributed by atoms with E-state index in [-0.39, 0.29) is 17.2 Å². The Morgan fingerprint density at radius 3 is 2.39 bits per heavy atom. The van der Waals surface area contributed by atoms with Crippen molar-refractivity contribution in [2.75, 3.05) is 0 Å². The van der Waals surface area contributed by atoms with Crippen LogP contribution in [0.4, 0.5) is 0 Å². The summed E-state index contributed by atoms with van der Waals surface area (Å²) < 4.78 is 3.23. The zero-order chi connectivity index (χ0) is 15.8. The molecule has 0 unspecified atom stereocenters. The normalized spacial score (nSPS) is 23.0. The number of benzene rings is 2. The van der Waals surface area contributed by atoms with E-state index in [1.54, 1.807) is 23.7 Å². The van der Waals surface area contributed by atoms with E-state index in [1.165, 1.54) is 19.6 Å². The van der Waals surface area contributed by atoms with E-state index in [9.17, 15) is 4.79 Å². The molecule has 0 saturated carbocycles. The van der Waals surface area contributed by atoms with Crippen LogP contribution in [0.2, 0.25) is 0 Å². The van der Waals surface area contributed by atoms with Crippen molar-refractivity contribution in [3.8, 4) is 0 Å². The molecule has 0 N–H and O–H groups in total. The van der Waals surface area contributed by atoms with Crippen LogP contribution in [0, 0.1) is 0 Å². The molecule has 116 valence electrons. The van der Waals surface area contributed by atoms with Crippen LogP contribution < -0.4 is 0 Å². The van der Waals surface area contributed by atoms with Gasteiger partial charge in [-0.15, -0.1) is 11.8 Å². The lowest BCUT2D eigenvalue weighted by molar-refractivity contribution is -0.133. The molecule has 0 aliphatic carbocycles. The molecule has 5 heteroatoms. The van der Waals surface area contributed by atoms with Crippen LogP contribution in [-0.4, -0.2) is 21.5 Å². The molecule has 2 aromatic carbocycles. The van der Waals surface area contributed by atoms with Gasteiger partial charge in [-0.3, -0.25) is 9.10 Å². The third kappa shape index (κ3) is 2.83. The minimum Gasteiger partial charge on any atom is -0.273 e. The number of β-lactam (4-membered cyclic amide) rings is 1. The fourth-order valence-electron chi connectivity index (χ4n) is 2.76. The standard InChI is InChI=1S/C18H14INOS2/c19-14-15-17(22-11-12-7-3-1-4-8-12)18(21)20(15)23-16(14)13-9-5-2-6-10-13/h1-10,15,17H,11H2/t15-,17-/m1/s1. The first-order valence-corrected chi connectivity index (χ1v) is 10.3. The number of thioether (sulfide) groups is 1. The average Bonchev–Trinajstić information content (AvgIpc) is 2.90. The van der Waals surface area contributed by atoms with Crippen LogP contribution in [0.25, 0.3) is 4.91 Å². The highest BCUT2D eigenvalue weighted by atomic mass is 127. The van der Waals surface area contributed by atoms with Gasteiger partial charge in [0.25, 0.3) is 0 Å². The first-order valence-electron chi connectivity index (χ1n) is 7.37. The molecule has 4 rings (SSSR count). The van der Waals surface area contributed by atoms with Gasteiger partial charge in [-0.25, -0.2) is 0 Å². The van der Waals surface area contributed by atoms with Gasteiger partial charge in [0.15, 0.2) is 0 Å². The molecule has 0 spiro atoms. The zero-order valence-electron chi connectivity index (χ0n) is 12.2. The van der Waals surface area contributed by atoms with Crippen molar-refractivity contribution in [2.45, 2.75) is 17.0 Å². The summed E-state index contributed by atoms with van der Waals surface area (Å²) in [6.45, 7) is 0. The number of hydrogen-bond donors (Lipinski definition) is 0. The monoisotopic (exact) mass is 451 g/mol. The largest absolute Gasteiger partial charge is 0.273 e. The first-order chi connectivity index (χ1) is 11.3. The van der Waals surface area contributed by atoms with Gasteiger partial charge in [0.1, 0.15) is 5.25 Å². The van der Waals surface area contributed by atoms with E-state index in [0.29, 0.717) is 0 Å². The van der Waals surface area contributed by atoms with Crippen LogP contribution in [0.1, 0.15) is 11.1 Å². The number of nitrogens with zero attached hydrogens (tertiary/aromatic N) is 1. The van der Waals surface area contributed by atoms with E-state index < -0.39 is 0 Å². The van der Waals surface area contributed by atoms with Gasteiger partial charge in [0.05, 0.1) is 6.04 Å². The lowest BCUT2D eigenvalue weighted by Gasteiger charge is -2.41. The third-order valence-electron chi connectivity index (χ3n) is 3.97. The van der Waals surface area contributed by atoms with E-state index in [2.05, 4.69) is 46.9 Å². The number of halogens is 1. The summed E-state index contributed by atoms with van der Waals surface area (Å²) in [5.74, 6) is 1.14. The highest BCUT2D eigenvalue weighted by Crippen LogP contribution is 2.55. The van der Waals surface area contributed by atoms with Crippen molar-refractivity contribution >= 4 is 57.1 Å². The molecule has 1 fully saturated rings. The Morgan fingerprint density at radius 1 is 1.04 bits per heavy atom. The van der Waals surface area contributed by atoms with Crippen LogP contribution in [0.3, 0.4) is 0 Å². The van der Waals surface area contributed by atoms with Crippen molar-refractivity contribution in [2.24, 2.45) is 0 Å². The molecule has 0 radical (unpaired) electrons. The molecule has 2 atom stereocenters. The molecule has 2 aliphatic rings. The van der Waals surface area contributed by atoms with E-state index in [0.717, 1.165) is 5.75 Å². The van der Waals surface area contributed by atoms with E-state index in [4.69, 9.17) is 0 Å². The zero-order valence-corrected chi connectivity index (χ0v) is 16.0. The second kappa shape index (κ2) is 6.53. The van der Waals surface area contributed by atoms with Crippen molar-refractivity contribution in [1.29, 1.82) is 0 Å². The Hall–Kier alpha value is -0.920. The van der Waals surface area contributed by atoms with Crippen LogP contribution in [0.15, 0.2) is 64.2 Å². The van der Waals surface area contributed by atoms with Gasteiger partial charge in [-0.05, 0) is 45.7 Å². The minimum absolute atomic E-state index is 0.0517. The van der Waals surface area contributed by atoms with Crippen molar-refractivity contribution in [1.82, 2.24) is 4.31 Å². The van der Waals surface area contributed by atoms with Crippen LogP contribution in [0.5, 0.6) is 0 Å². The molecule has 1 saturated heterocycles. The SMILES string of the molecule is O=C1[C@H](SCc2ccccc2)[C@H]2C(I)=C(c3ccccc3)SN12. The second-order valence-electron chi connectivity index (χ2n) is 5.46. The number of rotatable bonds is 4. The highest BCUT2D eigenvalue weighted by Gasteiger charge is 2.54. The van der Waals surface area contributed by atoms with Gasteiger partial charge < -0.3 is 0 Å². The number of fused-ring (bicyclic) bond motifs is 1. The molecular formula is C18H14INOS2. The smallest absolute Gasteiger partial charge is 0.248 e. The second-order valence-corrected chi connectivity index (χ2v) is 8.74. The predicted octanol–water partition coefficient (Wildman–Crippen LogP) is 4.96. The highest BCUT2D eigenvalue weighted by molar-refractivity contribution is 14.1. The molecular weight excluding hydrogens is 437 g/mol. The lowest BCUT2D eigenvalue weighted by atomic mass is 10.0.